The Hall–Kier alpha value is -2.38. The minimum Gasteiger partial charge on any atom is -0.481 e. The van der Waals surface area contributed by atoms with Crippen molar-refractivity contribution >= 4 is 23.8 Å². The molecule has 0 radical (unpaired) electrons. The molecule has 0 spiro atoms. The topological polar surface area (TPSA) is 130 Å². The van der Waals surface area contributed by atoms with E-state index in [0.29, 0.717) is 24.2 Å². The predicted octanol–water partition coefficient (Wildman–Crippen LogP) is 7.26. The first-order valence-electron chi connectivity index (χ1n) is 17.8. The van der Waals surface area contributed by atoms with Crippen LogP contribution in [0.1, 0.15) is 127 Å². The third-order valence-electron chi connectivity index (χ3n) is 15.4. The van der Waals surface area contributed by atoms with E-state index in [2.05, 4.69) is 59.9 Å². The average molecular weight is 642 g/mol. The number of carbonyl (C=O) groups excluding carboxylic acids is 2. The van der Waals surface area contributed by atoms with Crippen LogP contribution in [0.2, 0.25) is 0 Å². The Bertz CT molecular complexity index is 1320. The molecule has 1 amide bonds. The molecule has 0 aliphatic heterocycles. The lowest BCUT2D eigenvalue weighted by atomic mass is 9.31. The summed E-state index contributed by atoms with van der Waals surface area (Å²) in [6, 6.07) is 0. The molecule has 8 heteroatoms. The molecule has 10 atom stereocenters. The molecule has 4 saturated carbocycles. The quantitative estimate of drug-likeness (QED) is 0.197. The van der Waals surface area contributed by atoms with Crippen molar-refractivity contribution < 1.29 is 34.1 Å². The number of nitrogens with one attached hydrogen (secondary N) is 1. The summed E-state index contributed by atoms with van der Waals surface area (Å²) >= 11 is 0. The van der Waals surface area contributed by atoms with Gasteiger partial charge in [0, 0.05) is 5.41 Å². The fourth-order valence-electron chi connectivity index (χ4n) is 12.4. The van der Waals surface area contributed by atoms with E-state index in [1.54, 1.807) is 13.8 Å². The van der Waals surface area contributed by atoms with Crippen LogP contribution in [-0.2, 0) is 23.9 Å². The normalized spacial score (nSPS) is 43.0. The number of amides is 1. The fraction of sp³-hybridized carbons (Fsp3) is 0.842. The van der Waals surface area contributed by atoms with Gasteiger partial charge in [0.2, 0.25) is 5.91 Å². The van der Waals surface area contributed by atoms with Gasteiger partial charge in [-0.2, -0.15) is 0 Å². The maximum Gasteiger partial charge on any atom is 0.322 e. The van der Waals surface area contributed by atoms with Crippen LogP contribution in [0.15, 0.2) is 11.6 Å². The Labute approximate surface area is 275 Å². The summed E-state index contributed by atoms with van der Waals surface area (Å²) in [6.45, 7) is 19.4. The highest BCUT2D eigenvalue weighted by Crippen LogP contribution is 2.77. The highest BCUT2D eigenvalue weighted by molar-refractivity contribution is 5.87. The van der Waals surface area contributed by atoms with E-state index in [1.807, 2.05) is 0 Å². The van der Waals surface area contributed by atoms with Gasteiger partial charge in [-0.25, -0.2) is 0 Å². The molecule has 46 heavy (non-hydrogen) atoms. The molecule has 258 valence electrons. The number of carboxylic acids is 2. The number of hydrogen-bond acceptors (Lipinski definition) is 5. The molecule has 4 fully saturated rings. The van der Waals surface area contributed by atoms with Crippen molar-refractivity contribution in [2.45, 2.75) is 133 Å². The lowest BCUT2D eigenvalue weighted by Gasteiger charge is -2.73. The van der Waals surface area contributed by atoms with E-state index in [1.165, 1.54) is 5.57 Å². The second kappa shape index (κ2) is 11.4. The first-order chi connectivity index (χ1) is 21.2. The summed E-state index contributed by atoms with van der Waals surface area (Å²) in [5.74, 6) is -0.817. The Morgan fingerprint density at radius 2 is 1.59 bits per heavy atom. The highest BCUT2D eigenvalue weighted by Gasteiger charge is 2.71. The van der Waals surface area contributed by atoms with Gasteiger partial charge in [0.05, 0.1) is 17.3 Å². The number of carbonyl (C=O) groups is 4. The van der Waals surface area contributed by atoms with Gasteiger partial charge in [0.1, 0.15) is 12.6 Å². The predicted molar refractivity (Wildman–Crippen MR) is 176 cm³/mol. The highest BCUT2D eigenvalue weighted by atomic mass is 16.5. The third kappa shape index (κ3) is 5.05. The number of allylic oxidation sites excluding steroid dienone is 2. The number of esters is 1. The van der Waals surface area contributed by atoms with Crippen molar-refractivity contribution in [2.24, 2.45) is 62.1 Å². The Balaban J connectivity index is 1.42. The van der Waals surface area contributed by atoms with Crippen molar-refractivity contribution in [3.05, 3.63) is 11.6 Å². The van der Waals surface area contributed by atoms with Crippen LogP contribution < -0.4 is 5.32 Å². The summed E-state index contributed by atoms with van der Waals surface area (Å²) < 4.78 is 6.12. The van der Waals surface area contributed by atoms with Crippen molar-refractivity contribution in [3.63, 3.8) is 0 Å². The molecular weight excluding hydrogens is 582 g/mol. The van der Waals surface area contributed by atoms with E-state index in [9.17, 15) is 29.4 Å². The summed E-state index contributed by atoms with van der Waals surface area (Å²) in [5, 5.41) is 21.7. The number of ether oxygens (including phenoxy) is 1. The standard InChI is InChI=1S/C38H59NO7/c1-22-12-17-38(31(43)39-21-28(40)41)19-18-36(8)24(30(38)23(22)2)10-11-26-35(7)15-14-27(46-29(42)20-33(3,4)32(44)45)34(5,6)25(35)13-16-37(26,36)9/h12,23-27,30H,10-11,13-21H2,1-9H3,(H,39,43)(H,40,41)(H,44,45)/t23-,24-,25+,26-,27+,30-,35+,36-,37-,38+/m1/s1. The largest absolute Gasteiger partial charge is 0.481 e. The monoisotopic (exact) mass is 641 g/mol. The van der Waals surface area contributed by atoms with Crippen LogP contribution in [0.4, 0.5) is 0 Å². The SMILES string of the molecule is CC1=CC[C@]2(C(=O)NCC(=O)O)CC[C@]3(C)[C@H](CC[C@@H]4[C@@]5(C)CC[C@H](OC(=O)CC(C)(C)C(=O)O)C(C)(C)[C@@H]5CC[C@]43C)[C@H]2[C@@H]1C. The second-order valence-corrected chi connectivity index (χ2v) is 18.1. The lowest BCUT2D eigenvalue weighted by Crippen LogP contribution is -2.68. The zero-order valence-electron chi connectivity index (χ0n) is 29.8. The summed E-state index contributed by atoms with van der Waals surface area (Å²) in [6.07, 6.45) is 10.4. The Morgan fingerprint density at radius 1 is 0.913 bits per heavy atom. The van der Waals surface area contributed by atoms with Crippen LogP contribution in [0.3, 0.4) is 0 Å². The van der Waals surface area contributed by atoms with Gasteiger partial charge in [0.25, 0.3) is 0 Å². The second-order valence-electron chi connectivity index (χ2n) is 18.1. The van der Waals surface area contributed by atoms with Gasteiger partial charge in [-0.3, -0.25) is 19.2 Å². The van der Waals surface area contributed by atoms with E-state index in [-0.39, 0.29) is 58.5 Å². The van der Waals surface area contributed by atoms with E-state index >= 15 is 0 Å². The summed E-state index contributed by atoms with van der Waals surface area (Å²) in [5.41, 5.74) is -0.405. The average Bonchev–Trinajstić information content (AvgIpc) is 2.95. The Kier molecular flexibility index (Phi) is 8.63. The van der Waals surface area contributed by atoms with Crippen LogP contribution in [-0.4, -0.2) is 46.7 Å². The molecule has 5 aliphatic rings. The molecule has 0 bridgehead atoms. The van der Waals surface area contributed by atoms with Crippen molar-refractivity contribution in [2.75, 3.05) is 6.54 Å². The molecule has 8 nitrogen and oxygen atoms in total. The van der Waals surface area contributed by atoms with E-state index in [4.69, 9.17) is 4.74 Å². The first kappa shape index (κ1) is 34.9. The molecule has 0 saturated heterocycles. The minimum absolute atomic E-state index is 0.0485. The molecule has 0 aromatic rings. The summed E-state index contributed by atoms with van der Waals surface area (Å²) in [7, 11) is 0. The number of fused-ring (bicyclic) bond motifs is 7. The van der Waals surface area contributed by atoms with Gasteiger partial charge in [-0.15, -0.1) is 0 Å². The van der Waals surface area contributed by atoms with Gasteiger partial charge >= 0.3 is 17.9 Å². The van der Waals surface area contributed by atoms with Crippen molar-refractivity contribution in [3.8, 4) is 0 Å². The molecule has 5 rings (SSSR count). The zero-order valence-corrected chi connectivity index (χ0v) is 29.8. The number of aliphatic carboxylic acids is 2. The van der Waals surface area contributed by atoms with Crippen molar-refractivity contribution in [1.82, 2.24) is 5.32 Å². The summed E-state index contributed by atoms with van der Waals surface area (Å²) in [4.78, 5) is 50.0. The first-order valence-corrected chi connectivity index (χ1v) is 17.8. The van der Waals surface area contributed by atoms with E-state index < -0.39 is 28.7 Å². The maximum absolute atomic E-state index is 13.9. The smallest absolute Gasteiger partial charge is 0.322 e. The zero-order chi connectivity index (χ0) is 34.3. The molecule has 0 unspecified atom stereocenters. The molecule has 3 N–H and O–H groups in total. The molecule has 0 aromatic heterocycles. The number of hydrogen-bond donors (Lipinski definition) is 3. The van der Waals surface area contributed by atoms with Crippen LogP contribution >= 0.6 is 0 Å². The lowest BCUT2D eigenvalue weighted by molar-refractivity contribution is -0.252. The van der Waals surface area contributed by atoms with Crippen LogP contribution in [0.5, 0.6) is 0 Å². The minimum atomic E-state index is -1.16. The maximum atomic E-state index is 13.9. The van der Waals surface area contributed by atoms with Crippen molar-refractivity contribution in [1.29, 1.82) is 0 Å². The van der Waals surface area contributed by atoms with Gasteiger partial charge < -0.3 is 20.3 Å². The van der Waals surface area contributed by atoms with Crippen LogP contribution in [0, 0.1) is 62.1 Å². The van der Waals surface area contributed by atoms with Gasteiger partial charge in [0.15, 0.2) is 0 Å². The van der Waals surface area contributed by atoms with Gasteiger partial charge in [-0.05, 0) is 124 Å². The molecule has 5 aliphatic carbocycles. The molecular formula is C38H59NO7. The fourth-order valence-corrected chi connectivity index (χ4v) is 12.4. The van der Waals surface area contributed by atoms with Crippen LogP contribution in [0.25, 0.3) is 0 Å². The Morgan fingerprint density at radius 3 is 2.22 bits per heavy atom. The van der Waals surface area contributed by atoms with E-state index in [0.717, 1.165) is 51.4 Å². The third-order valence-corrected chi connectivity index (χ3v) is 15.4. The van der Waals surface area contributed by atoms with Gasteiger partial charge in [-0.1, -0.05) is 53.2 Å². The molecule has 0 heterocycles. The number of rotatable bonds is 7. The number of carboxylic acid groups (broad SMARTS) is 2. The molecule has 0 aromatic carbocycles.